The van der Waals surface area contributed by atoms with Crippen LogP contribution in [0.1, 0.15) is 25.8 Å². The van der Waals surface area contributed by atoms with Crippen LogP contribution in [0.25, 0.3) is 12.0 Å². The number of benzene rings is 1. The summed E-state index contributed by atoms with van der Waals surface area (Å²) in [6, 6.07) is 7.19. The quantitative estimate of drug-likeness (QED) is 0.769. The minimum absolute atomic E-state index is 0.0356. The van der Waals surface area contributed by atoms with E-state index in [1.54, 1.807) is 37.7 Å². The maximum Gasteiger partial charge on any atom is 0.172 e. The van der Waals surface area contributed by atoms with Crippen molar-refractivity contribution < 1.29 is 9.53 Å². The summed E-state index contributed by atoms with van der Waals surface area (Å²) in [6.07, 6.45) is 4.83. The van der Waals surface area contributed by atoms with E-state index in [9.17, 15) is 4.79 Å². The van der Waals surface area contributed by atoms with Crippen LogP contribution in [-0.4, -0.2) is 26.9 Å². The number of nitrogens with zero attached hydrogens (tertiary/aromatic N) is 3. The molecule has 0 saturated heterocycles. The first-order valence-corrected chi connectivity index (χ1v) is 7.01. The molecule has 110 valence electrons. The molecule has 1 aromatic heterocycles. The number of carbonyl (C=O) groups is 1. The Morgan fingerprint density at radius 3 is 2.71 bits per heavy atom. The van der Waals surface area contributed by atoms with E-state index in [4.69, 9.17) is 16.3 Å². The zero-order valence-corrected chi connectivity index (χ0v) is 12.6. The molecule has 0 radical (unpaired) electrons. The fourth-order valence-corrected chi connectivity index (χ4v) is 1.86. The van der Waals surface area contributed by atoms with E-state index in [0.717, 1.165) is 5.56 Å². The topological polar surface area (TPSA) is 57.0 Å². The summed E-state index contributed by atoms with van der Waals surface area (Å²) < 4.78 is 7.30. The molecule has 0 aliphatic heterocycles. The van der Waals surface area contributed by atoms with E-state index in [1.165, 1.54) is 4.68 Å². The van der Waals surface area contributed by atoms with Crippen molar-refractivity contribution in [3.05, 3.63) is 47.2 Å². The monoisotopic (exact) mass is 305 g/mol. The lowest BCUT2D eigenvalue weighted by Gasteiger charge is -2.16. The fourth-order valence-electron chi connectivity index (χ4n) is 1.74. The molecule has 0 bridgehead atoms. The fraction of sp³-hybridized carbons (Fsp3) is 0.267. The van der Waals surface area contributed by atoms with Gasteiger partial charge >= 0.3 is 0 Å². The van der Waals surface area contributed by atoms with Crippen LogP contribution < -0.4 is 0 Å². The molecule has 0 fully saturated rings. The summed E-state index contributed by atoms with van der Waals surface area (Å²) >= 11 is 5.90. The smallest absolute Gasteiger partial charge is 0.172 e. The van der Waals surface area contributed by atoms with Crippen molar-refractivity contribution in [2.24, 2.45) is 0 Å². The van der Waals surface area contributed by atoms with Crippen LogP contribution in [0.3, 0.4) is 0 Å². The van der Waals surface area contributed by atoms with Gasteiger partial charge in [0.2, 0.25) is 0 Å². The first-order valence-electron chi connectivity index (χ1n) is 6.63. The van der Waals surface area contributed by atoms with E-state index in [2.05, 4.69) is 10.3 Å². The van der Waals surface area contributed by atoms with Gasteiger partial charge in [0, 0.05) is 17.0 Å². The number of ketones is 1. The van der Waals surface area contributed by atoms with E-state index in [0.29, 0.717) is 17.2 Å². The van der Waals surface area contributed by atoms with Gasteiger partial charge in [0.05, 0.1) is 18.6 Å². The summed E-state index contributed by atoms with van der Waals surface area (Å²) in [5.74, 6) is 0.569. The van der Waals surface area contributed by atoms with Crippen molar-refractivity contribution in [1.82, 2.24) is 15.0 Å². The molecule has 0 amide bonds. The molecular weight excluding hydrogens is 290 g/mol. The van der Waals surface area contributed by atoms with Crippen LogP contribution in [-0.2, 0) is 9.53 Å². The summed E-state index contributed by atoms with van der Waals surface area (Å²) in [7, 11) is 0. The van der Waals surface area contributed by atoms with Gasteiger partial charge in [-0.05, 0) is 31.2 Å². The largest absolute Gasteiger partial charge is 0.481 e. The Labute approximate surface area is 128 Å². The molecule has 6 heteroatoms. The lowest BCUT2D eigenvalue weighted by atomic mass is 10.1. The predicted octanol–water partition coefficient (Wildman–Crippen LogP) is 3.27. The van der Waals surface area contributed by atoms with Gasteiger partial charge in [-0.15, -0.1) is 5.10 Å². The Morgan fingerprint density at radius 2 is 2.14 bits per heavy atom. The zero-order chi connectivity index (χ0) is 15.2. The third-order valence-corrected chi connectivity index (χ3v) is 3.18. The van der Waals surface area contributed by atoms with Crippen LogP contribution in [0.2, 0.25) is 5.02 Å². The Bertz CT molecular complexity index is 621. The van der Waals surface area contributed by atoms with Gasteiger partial charge in [0.15, 0.2) is 11.9 Å². The standard InChI is InChI=1S/C15H16ClN3O2/c1-3-14(20)11(2)21-15(10-19-9-8-17-18-19)12-4-6-13(16)7-5-12/h4-11H,3H2,1-2H3. The Morgan fingerprint density at radius 1 is 1.43 bits per heavy atom. The van der Waals surface area contributed by atoms with Gasteiger partial charge in [0.25, 0.3) is 0 Å². The molecule has 0 aliphatic rings. The molecular formula is C15H16ClN3O2. The van der Waals surface area contributed by atoms with Crippen molar-refractivity contribution in [2.45, 2.75) is 26.4 Å². The van der Waals surface area contributed by atoms with Crippen LogP contribution in [0.5, 0.6) is 0 Å². The number of hydrogen-bond donors (Lipinski definition) is 0. The third-order valence-electron chi connectivity index (χ3n) is 2.92. The first-order chi connectivity index (χ1) is 10.1. The van der Waals surface area contributed by atoms with E-state index in [-0.39, 0.29) is 5.78 Å². The summed E-state index contributed by atoms with van der Waals surface area (Å²) in [5, 5.41) is 8.24. The second kappa shape index (κ2) is 7.04. The number of ether oxygens (including phenoxy) is 1. The molecule has 21 heavy (non-hydrogen) atoms. The van der Waals surface area contributed by atoms with Crippen LogP contribution in [0.4, 0.5) is 0 Å². The van der Waals surface area contributed by atoms with Crippen molar-refractivity contribution in [2.75, 3.05) is 0 Å². The van der Waals surface area contributed by atoms with E-state index < -0.39 is 6.10 Å². The van der Waals surface area contributed by atoms with Crippen LogP contribution >= 0.6 is 11.6 Å². The maximum atomic E-state index is 11.7. The average Bonchev–Trinajstić information content (AvgIpc) is 2.99. The molecule has 0 aliphatic carbocycles. The number of rotatable bonds is 6. The van der Waals surface area contributed by atoms with E-state index >= 15 is 0 Å². The number of carbonyl (C=O) groups excluding carboxylic acids is 1. The van der Waals surface area contributed by atoms with E-state index in [1.807, 2.05) is 19.1 Å². The Hall–Kier alpha value is -2.14. The molecule has 5 nitrogen and oxygen atoms in total. The van der Waals surface area contributed by atoms with Gasteiger partial charge in [-0.3, -0.25) is 4.79 Å². The average molecular weight is 306 g/mol. The van der Waals surface area contributed by atoms with Crippen LogP contribution in [0.15, 0.2) is 36.7 Å². The SMILES string of the molecule is CCC(=O)C(C)OC(=Cn1ccnn1)c1ccc(Cl)cc1. The molecule has 1 aromatic carbocycles. The highest BCUT2D eigenvalue weighted by Crippen LogP contribution is 2.21. The molecule has 2 aromatic rings. The normalized spacial score (nSPS) is 13.0. The van der Waals surface area contributed by atoms with Gasteiger partial charge in [-0.25, -0.2) is 4.68 Å². The van der Waals surface area contributed by atoms with Crippen molar-refractivity contribution in [3.8, 4) is 0 Å². The minimum atomic E-state index is -0.527. The number of aromatic nitrogens is 3. The highest BCUT2D eigenvalue weighted by Gasteiger charge is 2.15. The second-order valence-corrected chi connectivity index (χ2v) is 4.90. The molecule has 1 atom stereocenters. The zero-order valence-electron chi connectivity index (χ0n) is 11.9. The number of halogens is 1. The van der Waals surface area contributed by atoms with Gasteiger partial charge in [-0.2, -0.15) is 0 Å². The predicted molar refractivity (Wildman–Crippen MR) is 81.5 cm³/mol. The summed E-state index contributed by atoms with van der Waals surface area (Å²) in [4.78, 5) is 11.7. The second-order valence-electron chi connectivity index (χ2n) is 4.46. The molecule has 0 saturated carbocycles. The molecule has 0 spiro atoms. The lowest BCUT2D eigenvalue weighted by molar-refractivity contribution is -0.125. The lowest BCUT2D eigenvalue weighted by Crippen LogP contribution is -2.19. The van der Waals surface area contributed by atoms with Crippen molar-refractivity contribution in [1.29, 1.82) is 0 Å². The number of Topliss-reactive ketones (excluding diaryl/α,β-unsaturated/α-hetero) is 1. The molecule has 2 rings (SSSR count). The Balaban J connectivity index is 2.30. The highest BCUT2D eigenvalue weighted by atomic mass is 35.5. The molecule has 0 N–H and O–H groups in total. The number of hydrogen-bond acceptors (Lipinski definition) is 4. The summed E-state index contributed by atoms with van der Waals surface area (Å²) in [6.45, 7) is 3.54. The molecule has 1 unspecified atom stereocenters. The molecule has 1 heterocycles. The van der Waals surface area contributed by atoms with Gasteiger partial charge < -0.3 is 4.74 Å². The Kier molecular flexibility index (Phi) is 5.11. The first kappa shape index (κ1) is 15.3. The third kappa shape index (κ3) is 4.16. The van der Waals surface area contributed by atoms with Gasteiger partial charge in [-0.1, -0.05) is 23.7 Å². The highest BCUT2D eigenvalue weighted by molar-refractivity contribution is 6.30. The maximum absolute atomic E-state index is 11.7. The minimum Gasteiger partial charge on any atom is -0.481 e. The van der Waals surface area contributed by atoms with Crippen LogP contribution in [0, 0.1) is 0 Å². The summed E-state index contributed by atoms with van der Waals surface area (Å²) in [5.41, 5.74) is 0.811. The van der Waals surface area contributed by atoms with Crippen molar-refractivity contribution in [3.63, 3.8) is 0 Å². The van der Waals surface area contributed by atoms with Crippen molar-refractivity contribution >= 4 is 29.3 Å². The van der Waals surface area contributed by atoms with Gasteiger partial charge in [0.1, 0.15) is 5.76 Å².